The molecule has 0 saturated carbocycles. The Bertz CT molecular complexity index is 1540. The molecule has 1 aliphatic heterocycles. The Labute approximate surface area is 242 Å². The van der Waals surface area contributed by atoms with E-state index in [1.807, 2.05) is 6.92 Å². The van der Waals surface area contributed by atoms with Gasteiger partial charge in [0.15, 0.2) is 5.13 Å². The molecule has 1 N–H and O–H groups in total. The molecule has 0 radical (unpaired) electrons. The number of benzene rings is 2. The van der Waals surface area contributed by atoms with Crippen molar-refractivity contribution >= 4 is 39.9 Å². The third kappa shape index (κ3) is 5.92. The Morgan fingerprint density at radius 1 is 1.07 bits per heavy atom. The van der Waals surface area contributed by atoms with Crippen molar-refractivity contribution in [2.24, 2.45) is 0 Å². The molecule has 1 amide bonds. The second-order valence-electron chi connectivity index (χ2n) is 9.05. The number of ether oxygens (including phenoxy) is 3. The highest BCUT2D eigenvalue weighted by Crippen LogP contribution is 2.44. The molecule has 0 aliphatic carbocycles. The number of rotatable bonds is 11. The van der Waals surface area contributed by atoms with Crippen molar-refractivity contribution in [2.45, 2.75) is 26.8 Å². The van der Waals surface area contributed by atoms with E-state index < -0.39 is 23.7 Å². The number of amides is 1. The van der Waals surface area contributed by atoms with Crippen LogP contribution in [0.3, 0.4) is 0 Å². The number of ketones is 1. The van der Waals surface area contributed by atoms with Crippen molar-refractivity contribution in [2.75, 3.05) is 24.7 Å². The molecule has 4 rings (SSSR count). The zero-order valence-electron chi connectivity index (χ0n) is 23.0. The van der Waals surface area contributed by atoms with Crippen LogP contribution in [0.25, 0.3) is 5.76 Å². The van der Waals surface area contributed by atoms with Crippen molar-refractivity contribution in [3.63, 3.8) is 0 Å². The van der Waals surface area contributed by atoms with Gasteiger partial charge in [0.25, 0.3) is 5.78 Å². The SMILES string of the molecule is C=CCOc1ccc([C@H]2C(=C(O)c3ccc(OCC=C)c(C)c3)C(=O)C(=O)N2c2nc(C)c(C(=O)OCC)s2)cc1. The maximum atomic E-state index is 13.5. The summed E-state index contributed by atoms with van der Waals surface area (Å²) in [5.41, 5.74) is 1.84. The number of anilines is 1. The first kappa shape index (κ1) is 29.3. The zero-order chi connectivity index (χ0) is 29.7. The number of aryl methyl sites for hydroxylation is 2. The number of aromatic nitrogens is 1. The van der Waals surface area contributed by atoms with E-state index in [1.165, 1.54) is 4.90 Å². The van der Waals surface area contributed by atoms with Gasteiger partial charge in [-0.15, -0.1) is 0 Å². The van der Waals surface area contributed by atoms with Gasteiger partial charge in [-0.05, 0) is 62.2 Å². The average Bonchev–Trinajstić information content (AvgIpc) is 3.47. The molecule has 2 heterocycles. The molecule has 41 heavy (non-hydrogen) atoms. The fraction of sp³-hybridized carbons (Fsp3) is 0.226. The number of aliphatic hydroxyl groups is 1. The first-order valence-corrected chi connectivity index (χ1v) is 13.7. The Morgan fingerprint density at radius 2 is 1.76 bits per heavy atom. The number of thiazole rings is 1. The van der Waals surface area contributed by atoms with Crippen LogP contribution in [0.4, 0.5) is 5.13 Å². The van der Waals surface area contributed by atoms with Crippen molar-refractivity contribution in [3.05, 3.63) is 101 Å². The van der Waals surface area contributed by atoms with Gasteiger partial charge >= 0.3 is 11.9 Å². The number of esters is 1. The molecule has 9 nitrogen and oxygen atoms in total. The summed E-state index contributed by atoms with van der Waals surface area (Å²) in [6, 6.07) is 10.8. The number of aliphatic hydroxyl groups excluding tert-OH is 1. The number of Topliss-reactive ketones (excluding diaryl/α,β-unsaturated/α-hetero) is 1. The molecule has 3 aromatic rings. The number of nitrogens with zero attached hydrogens (tertiary/aromatic N) is 2. The molecule has 1 aromatic heterocycles. The van der Waals surface area contributed by atoms with Crippen molar-refractivity contribution < 1.29 is 33.7 Å². The molecule has 0 spiro atoms. The standard InChI is InChI=1S/C31H30N2O7S/c1-6-15-39-22-12-9-20(10-13-22)25-24(26(34)21-11-14-23(18(4)17-21)40-16-7-2)27(35)29(36)33(25)31-32-19(5)28(41-31)30(37)38-8-3/h6-7,9-14,17,25,34H,1-2,8,15-16H2,3-5H3/t25-/m0/s1. The van der Waals surface area contributed by atoms with E-state index in [1.54, 1.807) is 68.5 Å². The van der Waals surface area contributed by atoms with E-state index in [0.717, 1.165) is 16.9 Å². The molecular weight excluding hydrogens is 544 g/mol. The maximum absolute atomic E-state index is 13.5. The summed E-state index contributed by atoms with van der Waals surface area (Å²) in [5.74, 6) is -1.52. The minimum atomic E-state index is -1.03. The molecule has 1 atom stereocenters. The minimum Gasteiger partial charge on any atom is -0.507 e. The second-order valence-corrected chi connectivity index (χ2v) is 10.0. The van der Waals surface area contributed by atoms with E-state index in [9.17, 15) is 19.5 Å². The summed E-state index contributed by atoms with van der Waals surface area (Å²) in [6.45, 7) is 13.2. The Hall–Kier alpha value is -4.70. The first-order valence-electron chi connectivity index (χ1n) is 12.9. The van der Waals surface area contributed by atoms with E-state index >= 15 is 0 Å². The van der Waals surface area contributed by atoms with Gasteiger partial charge in [0, 0.05) is 5.56 Å². The molecule has 0 unspecified atom stereocenters. The smallest absolute Gasteiger partial charge is 0.350 e. The quantitative estimate of drug-likeness (QED) is 0.102. The van der Waals surface area contributed by atoms with Crippen LogP contribution in [0.2, 0.25) is 0 Å². The lowest BCUT2D eigenvalue weighted by atomic mass is 9.95. The fourth-order valence-electron chi connectivity index (χ4n) is 4.38. The summed E-state index contributed by atoms with van der Waals surface area (Å²) >= 11 is 0.947. The molecule has 2 aromatic carbocycles. The molecular formula is C31H30N2O7S. The van der Waals surface area contributed by atoms with Crippen LogP contribution in [0, 0.1) is 13.8 Å². The number of carbonyl (C=O) groups is 3. The van der Waals surface area contributed by atoms with E-state index in [0.29, 0.717) is 41.5 Å². The van der Waals surface area contributed by atoms with Crippen LogP contribution in [-0.2, 0) is 14.3 Å². The van der Waals surface area contributed by atoms with Crippen LogP contribution >= 0.6 is 11.3 Å². The monoisotopic (exact) mass is 574 g/mol. The van der Waals surface area contributed by atoms with Gasteiger partial charge in [0.05, 0.1) is 23.9 Å². The highest BCUT2D eigenvalue weighted by molar-refractivity contribution is 7.17. The number of hydrogen-bond donors (Lipinski definition) is 1. The Morgan fingerprint density at radius 3 is 2.39 bits per heavy atom. The predicted molar refractivity (Wildman–Crippen MR) is 157 cm³/mol. The van der Waals surface area contributed by atoms with Gasteiger partial charge in [-0.25, -0.2) is 9.78 Å². The van der Waals surface area contributed by atoms with E-state index in [4.69, 9.17) is 14.2 Å². The number of carbonyl (C=O) groups excluding carboxylic acids is 3. The summed E-state index contributed by atoms with van der Waals surface area (Å²) in [6.07, 6.45) is 3.24. The molecule has 1 saturated heterocycles. The topological polar surface area (TPSA) is 115 Å². The van der Waals surface area contributed by atoms with Crippen LogP contribution in [0.15, 0.2) is 73.3 Å². The lowest BCUT2D eigenvalue weighted by Crippen LogP contribution is -2.29. The summed E-state index contributed by atoms with van der Waals surface area (Å²) in [4.78, 5) is 45.4. The molecule has 1 fully saturated rings. The van der Waals surface area contributed by atoms with Gasteiger partial charge in [0.1, 0.15) is 35.3 Å². The Kier molecular flexibility index (Phi) is 9.04. The predicted octanol–water partition coefficient (Wildman–Crippen LogP) is 5.69. The zero-order valence-corrected chi connectivity index (χ0v) is 23.8. The van der Waals surface area contributed by atoms with Crippen molar-refractivity contribution in [1.82, 2.24) is 4.98 Å². The third-order valence-corrected chi connectivity index (χ3v) is 7.40. The molecule has 0 bridgehead atoms. The number of hydrogen-bond acceptors (Lipinski definition) is 9. The maximum Gasteiger partial charge on any atom is 0.350 e. The van der Waals surface area contributed by atoms with Crippen molar-refractivity contribution in [1.29, 1.82) is 0 Å². The summed E-state index contributed by atoms with van der Waals surface area (Å²) in [7, 11) is 0. The van der Waals surface area contributed by atoms with Gasteiger partial charge in [-0.2, -0.15) is 0 Å². The third-order valence-electron chi connectivity index (χ3n) is 6.27. The molecule has 10 heteroatoms. The van der Waals surface area contributed by atoms with Crippen LogP contribution in [0.1, 0.15) is 45.0 Å². The highest BCUT2D eigenvalue weighted by atomic mass is 32.1. The van der Waals surface area contributed by atoms with Gasteiger partial charge < -0.3 is 19.3 Å². The van der Waals surface area contributed by atoms with Gasteiger partial charge in [-0.3, -0.25) is 14.5 Å². The van der Waals surface area contributed by atoms with Crippen molar-refractivity contribution in [3.8, 4) is 11.5 Å². The normalized spacial score (nSPS) is 16.0. The molecule has 1 aliphatic rings. The fourth-order valence-corrected chi connectivity index (χ4v) is 5.37. The first-order chi connectivity index (χ1) is 19.7. The van der Waals surface area contributed by atoms with Crippen LogP contribution < -0.4 is 14.4 Å². The van der Waals surface area contributed by atoms with Gasteiger partial charge in [0.2, 0.25) is 0 Å². The largest absolute Gasteiger partial charge is 0.507 e. The summed E-state index contributed by atoms with van der Waals surface area (Å²) < 4.78 is 16.3. The highest BCUT2D eigenvalue weighted by Gasteiger charge is 2.48. The van der Waals surface area contributed by atoms with E-state index in [-0.39, 0.29) is 27.9 Å². The average molecular weight is 575 g/mol. The van der Waals surface area contributed by atoms with Gasteiger partial charge in [-0.1, -0.05) is 48.8 Å². The lowest BCUT2D eigenvalue weighted by Gasteiger charge is -2.23. The van der Waals surface area contributed by atoms with Crippen LogP contribution in [-0.4, -0.2) is 47.6 Å². The second kappa shape index (κ2) is 12.6. The Balaban J connectivity index is 1.86. The molecule has 212 valence electrons. The van der Waals surface area contributed by atoms with Crippen LogP contribution in [0.5, 0.6) is 11.5 Å². The van der Waals surface area contributed by atoms with E-state index in [2.05, 4.69) is 18.1 Å². The lowest BCUT2D eigenvalue weighted by molar-refractivity contribution is -0.132. The minimum absolute atomic E-state index is 0.112. The summed E-state index contributed by atoms with van der Waals surface area (Å²) in [5, 5.41) is 11.6.